The summed E-state index contributed by atoms with van der Waals surface area (Å²) in [4.78, 5) is 1.08. The zero-order chi connectivity index (χ0) is 18.0. The molecule has 1 aromatic heterocycles. The number of sulfonamides is 1. The van der Waals surface area contributed by atoms with E-state index < -0.39 is 16.1 Å². The minimum absolute atomic E-state index is 0.152. The van der Waals surface area contributed by atoms with Gasteiger partial charge in [-0.05, 0) is 29.1 Å². The molecular weight excluding hydrogens is 370 g/mol. The Morgan fingerprint density at radius 2 is 1.69 bits per heavy atom. The molecule has 0 amide bonds. The number of hydrogen-bond acceptors (Lipinski definition) is 5. The third-order valence-corrected chi connectivity index (χ3v) is 6.42. The number of hydrogen-bond donors (Lipinski definition) is 1. The molecule has 0 fully saturated rings. The molecule has 1 aliphatic rings. The van der Waals surface area contributed by atoms with Gasteiger partial charge in [0.1, 0.15) is 13.2 Å². The summed E-state index contributed by atoms with van der Waals surface area (Å²) in [6.45, 7) is 0.873. The van der Waals surface area contributed by atoms with Crippen molar-refractivity contribution >= 4 is 21.4 Å². The van der Waals surface area contributed by atoms with Crippen molar-refractivity contribution in [2.24, 2.45) is 0 Å². The lowest BCUT2D eigenvalue weighted by molar-refractivity contribution is 0.171. The molecule has 0 unspecified atom stereocenters. The molecule has 0 saturated heterocycles. The van der Waals surface area contributed by atoms with Crippen LogP contribution in [0.1, 0.15) is 16.5 Å². The van der Waals surface area contributed by atoms with Crippen molar-refractivity contribution in [1.82, 2.24) is 4.72 Å². The van der Waals surface area contributed by atoms with Crippen molar-refractivity contribution in [2.75, 3.05) is 13.2 Å². The first kappa shape index (κ1) is 17.1. The van der Waals surface area contributed by atoms with Gasteiger partial charge in [0.2, 0.25) is 10.0 Å². The maximum absolute atomic E-state index is 13.0. The summed E-state index contributed by atoms with van der Waals surface area (Å²) in [5.74, 6) is 1.01. The van der Waals surface area contributed by atoms with E-state index in [0.717, 1.165) is 10.4 Å². The average molecular weight is 387 g/mol. The van der Waals surface area contributed by atoms with Gasteiger partial charge in [-0.25, -0.2) is 8.42 Å². The zero-order valence-corrected chi connectivity index (χ0v) is 15.4. The van der Waals surface area contributed by atoms with Gasteiger partial charge in [0.15, 0.2) is 11.5 Å². The Bertz CT molecular complexity index is 986. The Morgan fingerprint density at radius 1 is 0.923 bits per heavy atom. The summed E-state index contributed by atoms with van der Waals surface area (Å²) in [6.07, 6.45) is 0. The number of thiophene rings is 1. The Balaban J connectivity index is 1.68. The van der Waals surface area contributed by atoms with Gasteiger partial charge in [0.05, 0.1) is 10.9 Å². The van der Waals surface area contributed by atoms with Crippen LogP contribution in [0.5, 0.6) is 11.5 Å². The molecule has 2 heterocycles. The van der Waals surface area contributed by atoms with Crippen LogP contribution >= 0.6 is 11.3 Å². The molecule has 0 radical (unpaired) electrons. The Morgan fingerprint density at radius 3 is 2.42 bits per heavy atom. The molecule has 26 heavy (non-hydrogen) atoms. The van der Waals surface area contributed by atoms with Crippen molar-refractivity contribution in [3.63, 3.8) is 0 Å². The maximum atomic E-state index is 13.0. The van der Waals surface area contributed by atoms with Crippen molar-refractivity contribution < 1.29 is 17.9 Å². The van der Waals surface area contributed by atoms with Crippen LogP contribution < -0.4 is 14.2 Å². The first-order chi connectivity index (χ1) is 12.6. The van der Waals surface area contributed by atoms with Crippen molar-refractivity contribution in [2.45, 2.75) is 10.9 Å². The fraction of sp³-hybridized carbons (Fsp3) is 0.158. The van der Waals surface area contributed by atoms with Gasteiger partial charge in [0, 0.05) is 10.9 Å². The lowest BCUT2D eigenvalue weighted by atomic mass is 10.1. The van der Waals surface area contributed by atoms with Gasteiger partial charge in [-0.3, -0.25) is 0 Å². The topological polar surface area (TPSA) is 64.6 Å². The quantitative estimate of drug-likeness (QED) is 0.727. The highest BCUT2D eigenvalue weighted by molar-refractivity contribution is 7.89. The second kappa shape index (κ2) is 7.11. The zero-order valence-electron chi connectivity index (χ0n) is 13.8. The van der Waals surface area contributed by atoms with Crippen LogP contribution in [0.25, 0.3) is 0 Å². The molecule has 5 nitrogen and oxygen atoms in total. The van der Waals surface area contributed by atoms with Crippen LogP contribution in [0.2, 0.25) is 0 Å². The fourth-order valence-electron chi connectivity index (χ4n) is 2.81. The van der Waals surface area contributed by atoms with E-state index in [1.165, 1.54) is 23.5 Å². The van der Waals surface area contributed by atoms with Crippen LogP contribution in [-0.4, -0.2) is 21.6 Å². The number of rotatable bonds is 5. The molecule has 2 aromatic carbocycles. The molecule has 0 saturated carbocycles. The van der Waals surface area contributed by atoms with Gasteiger partial charge >= 0.3 is 0 Å². The van der Waals surface area contributed by atoms with E-state index in [2.05, 4.69) is 4.72 Å². The Kier molecular flexibility index (Phi) is 4.67. The van der Waals surface area contributed by atoms with Gasteiger partial charge in [-0.15, -0.1) is 11.3 Å². The highest BCUT2D eigenvalue weighted by atomic mass is 32.2. The monoisotopic (exact) mass is 387 g/mol. The number of nitrogens with one attached hydrogen (secondary N) is 1. The van der Waals surface area contributed by atoms with E-state index in [9.17, 15) is 8.42 Å². The molecule has 4 rings (SSSR count). The maximum Gasteiger partial charge on any atom is 0.241 e. The number of fused-ring (bicyclic) bond motifs is 1. The molecule has 0 bridgehead atoms. The van der Waals surface area contributed by atoms with E-state index in [1.807, 2.05) is 47.8 Å². The largest absolute Gasteiger partial charge is 0.486 e. The summed E-state index contributed by atoms with van der Waals surface area (Å²) in [5, 5.41) is 1.93. The van der Waals surface area contributed by atoms with Crippen LogP contribution in [0, 0.1) is 0 Å². The first-order valence-electron chi connectivity index (χ1n) is 8.14. The number of ether oxygens (including phenoxy) is 2. The summed E-state index contributed by atoms with van der Waals surface area (Å²) in [5.41, 5.74) is 0.885. The van der Waals surface area contributed by atoms with Gasteiger partial charge < -0.3 is 9.47 Å². The van der Waals surface area contributed by atoms with Gasteiger partial charge in [-0.2, -0.15) is 4.72 Å². The summed E-state index contributed by atoms with van der Waals surface area (Å²) in [6, 6.07) is 17.6. The van der Waals surface area contributed by atoms with E-state index in [-0.39, 0.29) is 4.90 Å². The smallest absolute Gasteiger partial charge is 0.241 e. The van der Waals surface area contributed by atoms with Gasteiger partial charge in [0.25, 0.3) is 0 Å². The van der Waals surface area contributed by atoms with Crippen LogP contribution in [0.4, 0.5) is 0 Å². The second-order valence-corrected chi connectivity index (χ2v) is 8.48. The summed E-state index contributed by atoms with van der Waals surface area (Å²) in [7, 11) is -3.75. The van der Waals surface area contributed by atoms with Crippen LogP contribution in [0.15, 0.2) is 70.9 Å². The Hall–Kier alpha value is -2.35. The molecule has 1 aliphatic heterocycles. The average Bonchev–Trinajstić information content (AvgIpc) is 3.21. The van der Waals surface area contributed by atoms with E-state index in [1.54, 1.807) is 6.07 Å². The third kappa shape index (κ3) is 3.46. The normalized spacial score (nSPS) is 14.8. The molecule has 1 atom stereocenters. The predicted octanol–water partition coefficient (Wildman–Crippen LogP) is 3.59. The minimum Gasteiger partial charge on any atom is -0.486 e. The van der Waals surface area contributed by atoms with Crippen molar-refractivity contribution in [3.8, 4) is 11.5 Å². The van der Waals surface area contributed by atoms with Crippen LogP contribution in [0.3, 0.4) is 0 Å². The van der Waals surface area contributed by atoms with Crippen molar-refractivity contribution in [3.05, 3.63) is 76.5 Å². The third-order valence-electron chi connectivity index (χ3n) is 4.06. The molecule has 7 heteroatoms. The van der Waals surface area contributed by atoms with Crippen LogP contribution in [-0.2, 0) is 10.0 Å². The van der Waals surface area contributed by atoms with Gasteiger partial charge in [-0.1, -0.05) is 36.4 Å². The first-order valence-corrected chi connectivity index (χ1v) is 10.5. The van der Waals surface area contributed by atoms with E-state index >= 15 is 0 Å². The number of benzene rings is 2. The minimum atomic E-state index is -3.75. The highest BCUT2D eigenvalue weighted by Crippen LogP contribution is 2.33. The standard InChI is InChI=1S/C19H17NO4S2/c21-26(22,15-8-9-16-17(13-15)24-11-10-23-16)20-19(18-7-4-12-25-18)14-5-2-1-3-6-14/h1-9,12-13,19-20H,10-11H2/t19-/m1/s1. The van der Waals surface area contributed by atoms with Crippen molar-refractivity contribution in [1.29, 1.82) is 0 Å². The fourth-order valence-corrected chi connectivity index (χ4v) is 4.90. The molecular formula is C19H17NO4S2. The second-order valence-electron chi connectivity index (χ2n) is 5.79. The molecule has 0 aliphatic carbocycles. The molecule has 1 N–H and O–H groups in total. The summed E-state index contributed by atoms with van der Waals surface area (Å²) >= 11 is 1.51. The molecule has 134 valence electrons. The summed E-state index contributed by atoms with van der Waals surface area (Å²) < 4.78 is 39.8. The lowest BCUT2D eigenvalue weighted by Crippen LogP contribution is -2.29. The van der Waals surface area contributed by atoms with E-state index in [4.69, 9.17) is 9.47 Å². The molecule has 3 aromatic rings. The molecule has 0 spiro atoms. The lowest BCUT2D eigenvalue weighted by Gasteiger charge is -2.21. The van der Waals surface area contributed by atoms with E-state index in [0.29, 0.717) is 24.7 Å². The SMILES string of the molecule is O=S(=O)(N[C@H](c1ccccc1)c1cccs1)c1ccc2c(c1)OCCO2. The predicted molar refractivity (Wildman–Crippen MR) is 100 cm³/mol. The Labute approximate surface area is 156 Å². The highest BCUT2D eigenvalue weighted by Gasteiger charge is 2.25.